The van der Waals surface area contributed by atoms with Gasteiger partial charge in [0.1, 0.15) is 6.61 Å². The molecule has 0 radical (unpaired) electrons. The maximum Gasteiger partial charge on any atom is 0.407 e. The van der Waals surface area contributed by atoms with Crippen LogP contribution in [0.4, 0.5) is 4.79 Å². The summed E-state index contributed by atoms with van der Waals surface area (Å²) in [4.78, 5) is 14.4. The van der Waals surface area contributed by atoms with Crippen LogP contribution in [-0.4, -0.2) is 29.3 Å². The number of rotatable bonds is 4. The highest BCUT2D eigenvalue weighted by Crippen LogP contribution is 2.23. The quantitative estimate of drug-likeness (QED) is 0.805. The largest absolute Gasteiger partial charge is 0.447 e. The van der Waals surface area contributed by atoms with Crippen molar-refractivity contribution in [1.29, 1.82) is 0 Å². The van der Waals surface area contributed by atoms with E-state index in [9.17, 15) is 4.79 Å². The Morgan fingerprint density at radius 2 is 2.24 bits per heavy atom. The summed E-state index contributed by atoms with van der Waals surface area (Å²) in [5.41, 5.74) is 9.42. The van der Waals surface area contributed by atoms with E-state index < -0.39 is 0 Å². The van der Waals surface area contributed by atoms with Crippen molar-refractivity contribution in [2.24, 2.45) is 5.73 Å². The Kier molecular flexibility index (Phi) is 3.37. The number of benzene rings is 1. The maximum absolute atomic E-state index is 11.1. The summed E-state index contributed by atoms with van der Waals surface area (Å²) in [7, 11) is 0. The molecule has 0 unspecified atom stereocenters. The van der Waals surface area contributed by atoms with Crippen molar-refractivity contribution in [3.63, 3.8) is 0 Å². The van der Waals surface area contributed by atoms with E-state index in [0.29, 0.717) is 6.61 Å². The van der Waals surface area contributed by atoms with Crippen LogP contribution >= 0.6 is 0 Å². The van der Waals surface area contributed by atoms with Gasteiger partial charge in [0.05, 0.1) is 6.04 Å². The lowest BCUT2D eigenvalue weighted by molar-refractivity contribution is 0.177. The van der Waals surface area contributed by atoms with Crippen molar-refractivity contribution in [3.8, 4) is 0 Å². The number of aromatic nitrogens is 1. The molecule has 1 aliphatic rings. The van der Waals surface area contributed by atoms with Gasteiger partial charge in [0.15, 0.2) is 0 Å². The number of alkyl carbamates (subject to hydrolysis) is 1. The Bertz CT molecular complexity index is 670. The van der Waals surface area contributed by atoms with Gasteiger partial charge in [-0.1, -0.05) is 6.07 Å². The van der Waals surface area contributed by atoms with Crippen LogP contribution < -0.4 is 11.1 Å². The molecule has 2 heterocycles. The van der Waals surface area contributed by atoms with E-state index in [1.165, 1.54) is 16.5 Å². The zero-order valence-electron chi connectivity index (χ0n) is 12.4. The van der Waals surface area contributed by atoms with Crippen molar-refractivity contribution < 1.29 is 9.53 Å². The first-order valence-electron chi connectivity index (χ1n) is 7.22. The van der Waals surface area contributed by atoms with Gasteiger partial charge < -0.3 is 20.8 Å². The zero-order chi connectivity index (χ0) is 15.0. The smallest absolute Gasteiger partial charge is 0.407 e. The van der Waals surface area contributed by atoms with Crippen molar-refractivity contribution >= 4 is 17.0 Å². The second kappa shape index (κ2) is 5.07. The zero-order valence-corrected chi connectivity index (χ0v) is 12.4. The first-order valence-corrected chi connectivity index (χ1v) is 7.22. The molecule has 0 spiro atoms. The Morgan fingerprint density at radius 1 is 1.43 bits per heavy atom. The lowest BCUT2D eigenvalue weighted by Gasteiger charge is -2.17. The van der Waals surface area contributed by atoms with Crippen LogP contribution in [0.25, 0.3) is 10.9 Å². The number of cyclic esters (lactones) is 1. The van der Waals surface area contributed by atoms with Gasteiger partial charge in [-0.2, -0.15) is 0 Å². The molecule has 1 amide bonds. The van der Waals surface area contributed by atoms with Gasteiger partial charge in [0.2, 0.25) is 0 Å². The van der Waals surface area contributed by atoms with Gasteiger partial charge in [0, 0.05) is 22.6 Å². The molecule has 1 fully saturated rings. The molecule has 1 aromatic carbocycles. The van der Waals surface area contributed by atoms with Crippen LogP contribution in [-0.2, 0) is 17.6 Å². The summed E-state index contributed by atoms with van der Waals surface area (Å²) < 4.78 is 4.93. The van der Waals surface area contributed by atoms with Crippen molar-refractivity contribution in [2.45, 2.75) is 38.3 Å². The van der Waals surface area contributed by atoms with E-state index in [2.05, 4.69) is 28.5 Å². The lowest BCUT2D eigenvalue weighted by atomic mass is 9.95. The highest BCUT2D eigenvalue weighted by molar-refractivity contribution is 5.84. The Balaban J connectivity index is 1.84. The maximum atomic E-state index is 11.1. The molecule has 0 aliphatic carbocycles. The summed E-state index contributed by atoms with van der Waals surface area (Å²) in [6.07, 6.45) is 3.30. The molecule has 1 saturated heterocycles. The SMILES string of the molecule is CC(C)(N)Cc1c[nH]c2ccc(C[C@H]3COC(=O)N3)cc12. The average Bonchev–Trinajstić information content (AvgIpc) is 2.95. The molecule has 21 heavy (non-hydrogen) atoms. The van der Waals surface area contributed by atoms with Crippen LogP contribution in [0.15, 0.2) is 24.4 Å². The number of aromatic amines is 1. The van der Waals surface area contributed by atoms with Gasteiger partial charge in [-0.3, -0.25) is 0 Å². The number of nitrogens with two attached hydrogens (primary N) is 1. The number of hydrogen-bond donors (Lipinski definition) is 3. The van der Waals surface area contributed by atoms with Gasteiger partial charge in [-0.25, -0.2) is 4.79 Å². The number of nitrogens with one attached hydrogen (secondary N) is 2. The predicted octanol–water partition coefficient (Wildman–Crippen LogP) is 2.10. The van der Waals surface area contributed by atoms with Crippen LogP contribution in [0.2, 0.25) is 0 Å². The molecule has 5 nitrogen and oxygen atoms in total. The minimum atomic E-state index is -0.326. The molecule has 1 aromatic heterocycles. The monoisotopic (exact) mass is 287 g/mol. The summed E-state index contributed by atoms with van der Waals surface area (Å²) in [5.74, 6) is 0. The topological polar surface area (TPSA) is 80.1 Å². The summed E-state index contributed by atoms with van der Waals surface area (Å²) in [6.45, 7) is 4.49. The fourth-order valence-corrected chi connectivity index (χ4v) is 2.81. The fourth-order valence-electron chi connectivity index (χ4n) is 2.81. The Hall–Kier alpha value is -2.01. The van der Waals surface area contributed by atoms with Gasteiger partial charge >= 0.3 is 6.09 Å². The van der Waals surface area contributed by atoms with E-state index >= 15 is 0 Å². The fraction of sp³-hybridized carbons (Fsp3) is 0.438. The molecular formula is C16H21N3O2. The lowest BCUT2D eigenvalue weighted by Crippen LogP contribution is -2.34. The molecule has 0 bridgehead atoms. The molecule has 5 heteroatoms. The first kappa shape index (κ1) is 13.9. The summed E-state index contributed by atoms with van der Waals surface area (Å²) >= 11 is 0. The van der Waals surface area contributed by atoms with E-state index in [-0.39, 0.29) is 17.7 Å². The minimum Gasteiger partial charge on any atom is -0.447 e. The second-order valence-corrected chi connectivity index (χ2v) is 6.50. The average molecular weight is 287 g/mol. The number of carbonyl (C=O) groups is 1. The van der Waals surface area contributed by atoms with E-state index in [1.807, 2.05) is 20.0 Å². The van der Waals surface area contributed by atoms with E-state index in [1.54, 1.807) is 0 Å². The summed E-state index contributed by atoms with van der Waals surface area (Å²) in [6, 6.07) is 6.40. The predicted molar refractivity (Wildman–Crippen MR) is 82.2 cm³/mol. The number of amides is 1. The molecule has 1 atom stereocenters. The van der Waals surface area contributed by atoms with Crippen LogP contribution in [0.3, 0.4) is 0 Å². The Labute approximate surface area is 123 Å². The minimum absolute atomic E-state index is 0.0586. The van der Waals surface area contributed by atoms with Crippen molar-refractivity contribution in [1.82, 2.24) is 10.3 Å². The number of carbonyl (C=O) groups excluding carboxylic acids is 1. The summed E-state index contributed by atoms with van der Waals surface area (Å²) in [5, 5.41) is 4.01. The second-order valence-electron chi connectivity index (χ2n) is 6.50. The van der Waals surface area contributed by atoms with Crippen LogP contribution in [0.1, 0.15) is 25.0 Å². The number of hydrogen-bond acceptors (Lipinski definition) is 3. The molecule has 1 aliphatic heterocycles. The van der Waals surface area contributed by atoms with Crippen LogP contribution in [0.5, 0.6) is 0 Å². The number of fused-ring (bicyclic) bond motifs is 1. The van der Waals surface area contributed by atoms with Crippen LogP contribution in [0, 0.1) is 0 Å². The Morgan fingerprint density at radius 3 is 2.90 bits per heavy atom. The molecule has 0 saturated carbocycles. The third kappa shape index (κ3) is 3.19. The number of H-pyrrole nitrogens is 1. The molecule has 3 rings (SSSR count). The van der Waals surface area contributed by atoms with E-state index in [4.69, 9.17) is 10.5 Å². The normalized spacial score (nSPS) is 18.8. The highest BCUT2D eigenvalue weighted by atomic mass is 16.6. The number of ether oxygens (including phenoxy) is 1. The van der Waals surface area contributed by atoms with Gasteiger partial charge in [0.25, 0.3) is 0 Å². The first-order chi connectivity index (χ1) is 9.90. The third-order valence-electron chi connectivity index (χ3n) is 3.70. The molecular weight excluding hydrogens is 266 g/mol. The molecule has 112 valence electrons. The molecule has 4 N–H and O–H groups in total. The third-order valence-corrected chi connectivity index (χ3v) is 3.70. The van der Waals surface area contributed by atoms with Gasteiger partial charge in [-0.05, 0) is 49.9 Å². The van der Waals surface area contributed by atoms with E-state index in [0.717, 1.165) is 18.4 Å². The molecule has 2 aromatic rings. The highest BCUT2D eigenvalue weighted by Gasteiger charge is 2.22. The van der Waals surface area contributed by atoms with Crippen molar-refractivity contribution in [3.05, 3.63) is 35.5 Å². The van der Waals surface area contributed by atoms with Crippen molar-refractivity contribution in [2.75, 3.05) is 6.61 Å². The van der Waals surface area contributed by atoms with Gasteiger partial charge in [-0.15, -0.1) is 0 Å². The standard InChI is InChI=1S/C16H21N3O2/c1-16(2,17)7-11-8-18-14-4-3-10(6-13(11)14)5-12-9-21-15(20)19-12/h3-4,6,8,12,18H,5,7,9,17H2,1-2H3,(H,19,20)/t12-/m0/s1.